The molecule has 4 heteroatoms. The van der Waals surface area contributed by atoms with Crippen LogP contribution >= 0.6 is 0 Å². The number of ether oxygens (including phenoxy) is 1. The second-order valence-electron chi connectivity index (χ2n) is 1.44. The molecular weight excluding hydrogens is 112 g/mol. The Morgan fingerprint density at radius 2 is 1.88 bits per heavy atom. The zero-order chi connectivity index (χ0) is 6.57. The summed E-state index contributed by atoms with van der Waals surface area (Å²) in [6.07, 6.45) is -2.89. The van der Waals surface area contributed by atoms with Gasteiger partial charge in [0.25, 0.3) is 0 Å². The number of rotatable bonds is 3. The summed E-state index contributed by atoms with van der Waals surface area (Å²) in [5, 5.41) is 24.9. The zero-order valence-electron chi connectivity index (χ0n) is 4.61. The van der Waals surface area contributed by atoms with Crippen LogP contribution in [0, 0.1) is 0 Å². The lowest BCUT2D eigenvalue weighted by Crippen LogP contribution is -2.29. The molecule has 0 spiro atoms. The normalized spacial score (nSPS) is 14.6. The summed E-state index contributed by atoms with van der Waals surface area (Å²) in [5.74, 6) is 0. The minimum Gasteiger partial charge on any atom is -0.385 e. The molecule has 0 aliphatic rings. The second-order valence-corrected chi connectivity index (χ2v) is 1.44. The van der Waals surface area contributed by atoms with Crippen LogP contribution in [0.4, 0.5) is 0 Å². The first kappa shape index (κ1) is 7.84. The predicted octanol–water partition coefficient (Wildman–Crippen LogP) is -1.70. The first-order valence-electron chi connectivity index (χ1n) is 2.21. The molecule has 4 nitrogen and oxygen atoms in total. The Hall–Kier alpha value is -0.160. The molecule has 0 bridgehead atoms. The average molecular weight is 122 g/mol. The Balaban J connectivity index is 3.17. The van der Waals surface area contributed by atoms with Gasteiger partial charge in [0.1, 0.15) is 6.10 Å². The fourth-order valence-electron chi connectivity index (χ4n) is 0.257. The van der Waals surface area contributed by atoms with Crippen molar-refractivity contribution in [3.05, 3.63) is 0 Å². The minimum absolute atomic E-state index is 0.0579. The van der Waals surface area contributed by atoms with Crippen molar-refractivity contribution in [2.45, 2.75) is 12.4 Å². The highest BCUT2D eigenvalue weighted by Gasteiger charge is 2.10. The van der Waals surface area contributed by atoms with Gasteiger partial charge in [-0.2, -0.15) is 0 Å². The van der Waals surface area contributed by atoms with Crippen molar-refractivity contribution in [3.63, 3.8) is 0 Å². The van der Waals surface area contributed by atoms with Crippen LogP contribution in [0.25, 0.3) is 0 Å². The summed E-state index contributed by atoms with van der Waals surface area (Å²) in [6, 6.07) is 0. The Morgan fingerprint density at radius 3 is 2.00 bits per heavy atom. The maximum absolute atomic E-state index is 8.50. The fourth-order valence-corrected chi connectivity index (χ4v) is 0.257. The maximum atomic E-state index is 8.50. The summed E-state index contributed by atoms with van der Waals surface area (Å²) in [4.78, 5) is 0. The molecule has 1 unspecified atom stereocenters. The van der Waals surface area contributed by atoms with Crippen LogP contribution in [0.3, 0.4) is 0 Å². The molecule has 3 N–H and O–H groups in total. The third kappa shape index (κ3) is 2.92. The van der Waals surface area contributed by atoms with E-state index in [0.29, 0.717) is 0 Å². The van der Waals surface area contributed by atoms with E-state index in [2.05, 4.69) is 4.74 Å². The standard InChI is InChI=1S/C4H10O4/c1-8-2-3(5)4(6)7/h3-7H,2H2,1H3. The van der Waals surface area contributed by atoms with Gasteiger partial charge >= 0.3 is 0 Å². The highest BCUT2D eigenvalue weighted by Crippen LogP contribution is 1.87. The summed E-state index contributed by atoms with van der Waals surface area (Å²) in [5.41, 5.74) is 0. The van der Waals surface area contributed by atoms with Crippen molar-refractivity contribution >= 4 is 0 Å². The highest BCUT2D eigenvalue weighted by atomic mass is 16.5. The largest absolute Gasteiger partial charge is 0.385 e. The lowest BCUT2D eigenvalue weighted by molar-refractivity contribution is -0.138. The van der Waals surface area contributed by atoms with Gasteiger partial charge in [-0.05, 0) is 0 Å². The molecule has 0 saturated carbocycles. The van der Waals surface area contributed by atoms with Gasteiger partial charge in [-0.25, -0.2) is 0 Å². The van der Waals surface area contributed by atoms with Crippen molar-refractivity contribution in [1.82, 2.24) is 0 Å². The molecule has 0 heterocycles. The van der Waals surface area contributed by atoms with Crippen LogP contribution in [0.2, 0.25) is 0 Å². The molecule has 0 saturated heterocycles. The highest BCUT2D eigenvalue weighted by molar-refractivity contribution is 4.52. The quantitative estimate of drug-likeness (QED) is 0.390. The molecule has 0 rings (SSSR count). The van der Waals surface area contributed by atoms with E-state index in [9.17, 15) is 0 Å². The minimum atomic E-state index is -1.70. The van der Waals surface area contributed by atoms with Gasteiger partial charge in [0.05, 0.1) is 6.61 Å². The molecule has 1 atom stereocenters. The monoisotopic (exact) mass is 122 g/mol. The number of hydrogen-bond donors (Lipinski definition) is 3. The smallest absolute Gasteiger partial charge is 0.180 e. The van der Waals surface area contributed by atoms with Crippen LogP contribution < -0.4 is 0 Å². The van der Waals surface area contributed by atoms with Gasteiger partial charge in [0.15, 0.2) is 6.29 Å². The number of hydrogen-bond acceptors (Lipinski definition) is 4. The van der Waals surface area contributed by atoms with Gasteiger partial charge in [-0.1, -0.05) is 0 Å². The third-order valence-electron chi connectivity index (χ3n) is 0.682. The van der Waals surface area contributed by atoms with E-state index in [-0.39, 0.29) is 6.61 Å². The van der Waals surface area contributed by atoms with Crippen molar-refractivity contribution in [2.75, 3.05) is 13.7 Å². The molecule has 0 aromatic rings. The molecule has 8 heavy (non-hydrogen) atoms. The van der Waals surface area contributed by atoms with E-state index >= 15 is 0 Å². The van der Waals surface area contributed by atoms with Crippen LogP contribution in [-0.2, 0) is 4.74 Å². The summed E-state index contributed by atoms with van der Waals surface area (Å²) in [6.45, 7) is -0.0579. The Labute approximate surface area is 47.3 Å². The Kier molecular flexibility index (Phi) is 3.72. The first-order chi connectivity index (χ1) is 3.68. The van der Waals surface area contributed by atoms with Crippen molar-refractivity contribution in [2.24, 2.45) is 0 Å². The van der Waals surface area contributed by atoms with E-state index in [1.165, 1.54) is 7.11 Å². The molecule has 50 valence electrons. The van der Waals surface area contributed by atoms with Gasteiger partial charge in [0.2, 0.25) is 0 Å². The lowest BCUT2D eigenvalue weighted by atomic mass is 10.4. The van der Waals surface area contributed by atoms with E-state index < -0.39 is 12.4 Å². The number of aliphatic hydroxyl groups excluding tert-OH is 2. The van der Waals surface area contributed by atoms with E-state index in [1.807, 2.05) is 0 Å². The molecule has 0 fully saturated rings. The molecule has 0 aliphatic heterocycles. The maximum Gasteiger partial charge on any atom is 0.180 e. The van der Waals surface area contributed by atoms with Gasteiger partial charge in [0, 0.05) is 7.11 Å². The predicted molar refractivity (Wildman–Crippen MR) is 26.1 cm³/mol. The van der Waals surface area contributed by atoms with Crippen LogP contribution in [0.15, 0.2) is 0 Å². The van der Waals surface area contributed by atoms with Crippen LogP contribution in [-0.4, -0.2) is 41.4 Å². The topological polar surface area (TPSA) is 69.9 Å². The van der Waals surface area contributed by atoms with Crippen molar-refractivity contribution in [1.29, 1.82) is 0 Å². The fraction of sp³-hybridized carbons (Fsp3) is 1.00. The number of aliphatic hydroxyl groups is 3. The van der Waals surface area contributed by atoms with Gasteiger partial charge < -0.3 is 20.1 Å². The van der Waals surface area contributed by atoms with Crippen LogP contribution in [0.5, 0.6) is 0 Å². The van der Waals surface area contributed by atoms with Crippen molar-refractivity contribution < 1.29 is 20.1 Å². The Bertz CT molecular complexity index is 54.0. The molecule has 0 aliphatic carbocycles. The van der Waals surface area contributed by atoms with Crippen LogP contribution in [0.1, 0.15) is 0 Å². The van der Waals surface area contributed by atoms with Crippen molar-refractivity contribution in [3.8, 4) is 0 Å². The zero-order valence-corrected chi connectivity index (χ0v) is 4.61. The second kappa shape index (κ2) is 3.80. The molecule has 0 radical (unpaired) electrons. The van der Waals surface area contributed by atoms with E-state index in [4.69, 9.17) is 15.3 Å². The first-order valence-corrected chi connectivity index (χ1v) is 2.21. The molecule has 0 amide bonds. The molecular formula is C4H10O4. The molecule has 0 aromatic heterocycles. The van der Waals surface area contributed by atoms with Gasteiger partial charge in [-0.15, -0.1) is 0 Å². The average Bonchev–Trinajstić information content (AvgIpc) is 1.67. The van der Waals surface area contributed by atoms with E-state index in [1.54, 1.807) is 0 Å². The van der Waals surface area contributed by atoms with Gasteiger partial charge in [-0.3, -0.25) is 0 Å². The summed E-state index contributed by atoms with van der Waals surface area (Å²) >= 11 is 0. The van der Waals surface area contributed by atoms with E-state index in [0.717, 1.165) is 0 Å². The molecule has 0 aromatic carbocycles. The SMILES string of the molecule is COCC(O)C(O)O. The summed E-state index contributed by atoms with van der Waals surface area (Å²) in [7, 11) is 1.37. The summed E-state index contributed by atoms with van der Waals surface area (Å²) < 4.78 is 4.39. The lowest BCUT2D eigenvalue weighted by Gasteiger charge is -2.09. The third-order valence-corrected chi connectivity index (χ3v) is 0.682. The Morgan fingerprint density at radius 1 is 1.38 bits per heavy atom. The number of methoxy groups -OCH3 is 1.